The fourth-order valence-corrected chi connectivity index (χ4v) is 4.09. The predicted octanol–water partition coefficient (Wildman–Crippen LogP) is 3.42. The molecule has 30 heavy (non-hydrogen) atoms. The second-order valence-electron chi connectivity index (χ2n) is 7.65. The van der Waals surface area contributed by atoms with Crippen LogP contribution in [0.4, 0.5) is 16.2 Å². The first-order chi connectivity index (χ1) is 14.5. The average Bonchev–Trinajstić information content (AvgIpc) is 3.15. The highest BCUT2D eigenvalue weighted by Crippen LogP contribution is 2.29. The van der Waals surface area contributed by atoms with Gasteiger partial charge in [-0.2, -0.15) is 5.10 Å². The lowest BCUT2D eigenvalue weighted by Gasteiger charge is -2.42. The summed E-state index contributed by atoms with van der Waals surface area (Å²) in [6, 6.07) is 7.87. The Balaban J connectivity index is 1.50. The number of benzene rings is 1. The molecule has 158 valence electrons. The van der Waals surface area contributed by atoms with Crippen molar-refractivity contribution in [1.82, 2.24) is 19.7 Å². The maximum Gasteiger partial charge on any atom is 0.321 e. The molecular formula is C22H28N6O2. The van der Waals surface area contributed by atoms with Crippen LogP contribution >= 0.6 is 0 Å². The van der Waals surface area contributed by atoms with Crippen LogP contribution in [0.1, 0.15) is 18.9 Å². The van der Waals surface area contributed by atoms with Crippen molar-refractivity contribution in [2.75, 3.05) is 37.0 Å². The van der Waals surface area contributed by atoms with Gasteiger partial charge in [-0.1, -0.05) is 6.92 Å². The number of ether oxygens (including phenoxy) is 1. The van der Waals surface area contributed by atoms with Crippen molar-refractivity contribution in [2.24, 2.45) is 7.05 Å². The summed E-state index contributed by atoms with van der Waals surface area (Å²) >= 11 is 0. The number of fused-ring (bicyclic) bond motifs is 1. The molecule has 3 heterocycles. The molecule has 1 aliphatic rings. The number of nitrogens with one attached hydrogen (secondary N) is 1. The standard InChI is InChI=1S/C22H28N6O2/c1-5-16-14-27(22(29)25-19-7-6-17(30-4)12-15(19)2)10-11-28(16)20-8-9-23-21-18(20)13-24-26(21)3/h6-9,12-13,16H,5,10-11,14H2,1-4H3,(H,25,29)/t16-/m0/s1. The number of hydrogen-bond donors (Lipinski definition) is 1. The van der Waals surface area contributed by atoms with Gasteiger partial charge in [0.25, 0.3) is 0 Å². The molecule has 3 aromatic rings. The van der Waals surface area contributed by atoms with E-state index in [2.05, 4.69) is 27.2 Å². The van der Waals surface area contributed by atoms with Gasteiger partial charge in [0, 0.05) is 44.6 Å². The van der Waals surface area contributed by atoms with Gasteiger partial charge in [0.2, 0.25) is 0 Å². The van der Waals surface area contributed by atoms with Gasteiger partial charge in [-0.15, -0.1) is 0 Å². The molecule has 1 atom stereocenters. The largest absolute Gasteiger partial charge is 0.497 e. The Morgan fingerprint density at radius 3 is 2.87 bits per heavy atom. The van der Waals surface area contributed by atoms with Gasteiger partial charge >= 0.3 is 6.03 Å². The van der Waals surface area contributed by atoms with Crippen LogP contribution in [0.25, 0.3) is 11.0 Å². The summed E-state index contributed by atoms with van der Waals surface area (Å²) in [5.41, 5.74) is 3.79. The SMILES string of the molecule is CC[C@H]1CN(C(=O)Nc2ccc(OC)cc2C)CCN1c1ccnc2c1cnn2C. The van der Waals surface area contributed by atoms with E-state index in [4.69, 9.17) is 4.74 Å². The number of aromatic nitrogens is 3. The predicted molar refractivity (Wildman–Crippen MR) is 118 cm³/mol. The number of piperazine rings is 1. The third kappa shape index (κ3) is 3.65. The maximum absolute atomic E-state index is 12.9. The van der Waals surface area contributed by atoms with E-state index in [0.29, 0.717) is 13.1 Å². The highest BCUT2D eigenvalue weighted by Gasteiger charge is 2.30. The Labute approximate surface area is 176 Å². The summed E-state index contributed by atoms with van der Waals surface area (Å²) in [5.74, 6) is 0.782. The van der Waals surface area contributed by atoms with E-state index >= 15 is 0 Å². The van der Waals surface area contributed by atoms with Crippen molar-refractivity contribution < 1.29 is 9.53 Å². The molecule has 0 radical (unpaired) electrons. The Hall–Kier alpha value is -3.29. The molecule has 4 rings (SSSR count). The van der Waals surface area contributed by atoms with Crippen LogP contribution in [-0.2, 0) is 7.05 Å². The van der Waals surface area contributed by atoms with E-state index in [1.165, 1.54) is 0 Å². The minimum absolute atomic E-state index is 0.0670. The van der Waals surface area contributed by atoms with E-state index in [9.17, 15) is 4.79 Å². The molecule has 0 spiro atoms. The van der Waals surface area contributed by atoms with E-state index in [0.717, 1.165) is 46.7 Å². The number of methoxy groups -OCH3 is 1. The number of hydrogen-bond acceptors (Lipinski definition) is 5. The third-order valence-corrected chi connectivity index (χ3v) is 5.84. The Bertz CT molecular complexity index is 1060. The molecule has 1 aliphatic heterocycles. The Morgan fingerprint density at radius 2 is 2.13 bits per heavy atom. The molecular weight excluding hydrogens is 380 g/mol. The molecule has 8 nitrogen and oxygen atoms in total. The summed E-state index contributed by atoms with van der Waals surface area (Å²) in [4.78, 5) is 21.7. The molecule has 2 amide bonds. The Kier molecular flexibility index (Phi) is 5.48. The second-order valence-corrected chi connectivity index (χ2v) is 7.65. The summed E-state index contributed by atoms with van der Waals surface area (Å²) in [6.45, 7) is 6.21. The van der Waals surface area contributed by atoms with Crippen molar-refractivity contribution in [3.05, 3.63) is 42.2 Å². The van der Waals surface area contributed by atoms with Crippen LogP contribution in [0.3, 0.4) is 0 Å². The first-order valence-electron chi connectivity index (χ1n) is 10.3. The number of anilines is 2. The topological polar surface area (TPSA) is 75.5 Å². The number of amides is 2. The van der Waals surface area contributed by atoms with Gasteiger partial charge in [-0.05, 0) is 43.2 Å². The van der Waals surface area contributed by atoms with Crippen LogP contribution in [0.15, 0.2) is 36.7 Å². The number of carbonyl (C=O) groups excluding carboxylic acids is 1. The lowest BCUT2D eigenvalue weighted by atomic mass is 10.1. The number of carbonyl (C=O) groups is 1. The number of aryl methyl sites for hydroxylation is 2. The lowest BCUT2D eigenvalue weighted by molar-refractivity contribution is 0.197. The highest BCUT2D eigenvalue weighted by molar-refractivity contribution is 5.91. The van der Waals surface area contributed by atoms with Crippen molar-refractivity contribution in [2.45, 2.75) is 26.3 Å². The van der Waals surface area contributed by atoms with E-state index in [-0.39, 0.29) is 12.1 Å². The van der Waals surface area contributed by atoms with Crippen LogP contribution in [-0.4, -0.2) is 58.5 Å². The molecule has 1 saturated heterocycles. The molecule has 8 heteroatoms. The van der Waals surface area contributed by atoms with Gasteiger partial charge in [-0.25, -0.2) is 9.78 Å². The molecule has 1 fully saturated rings. The van der Waals surface area contributed by atoms with Crippen LogP contribution < -0.4 is 15.0 Å². The van der Waals surface area contributed by atoms with Crippen molar-refractivity contribution in [1.29, 1.82) is 0 Å². The fraction of sp³-hybridized carbons (Fsp3) is 0.409. The smallest absolute Gasteiger partial charge is 0.321 e. The lowest BCUT2D eigenvalue weighted by Crippen LogP contribution is -2.55. The number of nitrogens with zero attached hydrogens (tertiary/aromatic N) is 5. The van der Waals surface area contributed by atoms with Gasteiger partial charge in [0.1, 0.15) is 5.75 Å². The van der Waals surface area contributed by atoms with Gasteiger partial charge < -0.3 is 19.9 Å². The van der Waals surface area contributed by atoms with Crippen LogP contribution in [0.2, 0.25) is 0 Å². The molecule has 2 aromatic heterocycles. The minimum Gasteiger partial charge on any atom is -0.497 e. The zero-order valence-electron chi connectivity index (χ0n) is 17.9. The van der Waals surface area contributed by atoms with Crippen molar-refractivity contribution in [3.63, 3.8) is 0 Å². The monoisotopic (exact) mass is 408 g/mol. The molecule has 0 saturated carbocycles. The first-order valence-corrected chi connectivity index (χ1v) is 10.3. The maximum atomic E-state index is 12.9. The van der Waals surface area contributed by atoms with E-state index < -0.39 is 0 Å². The fourth-order valence-electron chi connectivity index (χ4n) is 4.09. The normalized spacial score (nSPS) is 16.7. The number of pyridine rings is 1. The minimum atomic E-state index is -0.0670. The average molecular weight is 409 g/mol. The zero-order chi connectivity index (χ0) is 21.3. The van der Waals surface area contributed by atoms with Gasteiger partial charge in [-0.3, -0.25) is 4.68 Å². The summed E-state index contributed by atoms with van der Waals surface area (Å²) < 4.78 is 7.04. The summed E-state index contributed by atoms with van der Waals surface area (Å²) in [7, 11) is 3.54. The molecule has 0 unspecified atom stereocenters. The van der Waals surface area contributed by atoms with Gasteiger partial charge in [0.15, 0.2) is 5.65 Å². The second kappa shape index (κ2) is 8.22. The quantitative estimate of drug-likeness (QED) is 0.716. The number of rotatable bonds is 4. The zero-order valence-corrected chi connectivity index (χ0v) is 17.9. The van der Waals surface area contributed by atoms with Crippen LogP contribution in [0, 0.1) is 6.92 Å². The first kappa shape index (κ1) is 20.0. The van der Waals surface area contributed by atoms with Gasteiger partial charge in [0.05, 0.1) is 24.4 Å². The van der Waals surface area contributed by atoms with E-state index in [1.54, 1.807) is 11.8 Å². The summed E-state index contributed by atoms with van der Waals surface area (Å²) in [6.07, 6.45) is 4.64. The van der Waals surface area contributed by atoms with E-state index in [1.807, 2.05) is 55.5 Å². The van der Waals surface area contributed by atoms with Crippen molar-refractivity contribution in [3.8, 4) is 5.75 Å². The molecule has 1 aromatic carbocycles. The van der Waals surface area contributed by atoms with Crippen molar-refractivity contribution >= 4 is 28.4 Å². The number of urea groups is 1. The molecule has 0 bridgehead atoms. The highest BCUT2D eigenvalue weighted by atomic mass is 16.5. The molecule has 0 aliphatic carbocycles. The molecule has 1 N–H and O–H groups in total. The summed E-state index contributed by atoms with van der Waals surface area (Å²) in [5, 5.41) is 8.46. The third-order valence-electron chi connectivity index (χ3n) is 5.84. The van der Waals surface area contributed by atoms with Crippen LogP contribution in [0.5, 0.6) is 5.75 Å². The Morgan fingerprint density at radius 1 is 1.30 bits per heavy atom.